The first-order valence-electron chi connectivity index (χ1n) is 6.35. The van der Waals surface area contributed by atoms with Gasteiger partial charge >= 0.3 is 0 Å². The molecule has 2 aromatic rings. The zero-order valence-electron chi connectivity index (χ0n) is 11.2. The summed E-state index contributed by atoms with van der Waals surface area (Å²) in [4.78, 5) is 2.46. The summed E-state index contributed by atoms with van der Waals surface area (Å²) in [7, 11) is 1.68. The van der Waals surface area contributed by atoms with Crippen molar-refractivity contribution in [3.05, 3.63) is 39.7 Å². The minimum atomic E-state index is 0.146. The van der Waals surface area contributed by atoms with Gasteiger partial charge < -0.3 is 10.5 Å². The molecular weight excluding hydrogens is 322 g/mol. The van der Waals surface area contributed by atoms with E-state index in [2.05, 4.69) is 35.0 Å². The quantitative estimate of drug-likeness (QED) is 0.832. The molecule has 0 aliphatic carbocycles. The average Bonchev–Trinajstić information content (AvgIpc) is 2.89. The zero-order chi connectivity index (χ0) is 13.8. The maximum absolute atomic E-state index is 6.17. The molecule has 0 amide bonds. The molecular formula is C15H18BrNOS. The highest BCUT2D eigenvalue weighted by molar-refractivity contribution is 9.10. The molecule has 0 fully saturated rings. The Morgan fingerprint density at radius 3 is 2.79 bits per heavy atom. The van der Waals surface area contributed by atoms with Crippen molar-refractivity contribution in [3.63, 3.8) is 0 Å². The van der Waals surface area contributed by atoms with Crippen LogP contribution in [0.1, 0.15) is 30.7 Å². The van der Waals surface area contributed by atoms with Gasteiger partial charge in [-0.25, -0.2) is 0 Å². The first kappa shape index (κ1) is 14.6. The van der Waals surface area contributed by atoms with Gasteiger partial charge in [-0.2, -0.15) is 0 Å². The molecule has 1 unspecified atom stereocenters. The Balaban J connectivity index is 2.32. The maximum Gasteiger partial charge on any atom is 0.119 e. The smallest absolute Gasteiger partial charge is 0.119 e. The molecule has 0 radical (unpaired) electrons. The number of ether oxygens (including phenoxy) is 1. The molecule has 0 aliphatic heterocycles. The minimum absolute atomic E-state index is 0.146. The standard InChI is InChI=1S/C15H18BrNOS/c1-3-4-13(17)15-8-7-14(19-15)11-9-10(18-2)5-6-12(11)16/h5-9,13H,3-4,17H2,1-2H3. The minimum Gasteiger partial charge on any atom is -0.497 e. The summed E-state index contributed by atoms with van der Waals surface area (Å²) in [6.45, 7) is 2.16. The molecule has 1 heterocycles. The van der Waals surface area contributed by atoms with E-state index in [9.17, 15) is 0 Å². The number of methoxy groups -OCH3 is 1. The maximum atomic E-state index is 6.17. The van der Waals surface area contributed by atoms with E-state index in [0.717, 1.165) is 28.6 Å². The van der Waals surface area contributed by atoms with Gasteiger partial charge in [0.1, 0.15) is 5.75 Å². The first-order valence-corrected chi connectivity index (χ1v) is 7.96. The van der Waals surface area contributed by atoms with E-state index in [1.807, 2.05) is 18.2 Å². The molecule has 1 aromatic heterocycles. The molecule has 19 heavy (non-hydrogen) atoms. The molecule has 102 valence electrons. The average molecular weight is 340 g/mol. The van der Waals surface area contributed by atoms with Crippen molar-refractivity contribution in [2.45, 2.75) is 25.8 Å². The predicted octanol–water partition coefficient (Wildman–Crippen LogP) is 4.99. The number of hydrogen-bond donors (Lipinski definition) is 1. The van der Waals surface area contributed by atoms with E-state index in [-0.39, 0.29) is 6.04 Å². The molecule has 0 aliphatic rings. The molecule has 0 saturated heterocycles. The largest absolute Gasteiger partial charge is 0.497 e. The summed E-state index contributed by atoms with van der Waals surface area (Å²) in [5.41, 5.74) is 7.32. The molecule has 4 heteroatoms. The van der Waals surface area contributed by atoms with Crippen LogP contribution in [0.5, 0.6) is 5.75 Å². The Labute approximate surface area is 126 Å². The SMILES string of the molecule is CCCC(N)c1ccc(-c2cc(OC)ccc2Br)s1. The summed E-state index contributed by atoms with van der Waals surface area (Å²) in [6, 6.07) is 10.4. The van der Waals surface area contributed by atoms with Crippen LogP contribution in [0.4, 0.5) is 0 Å². The summed E-state index contributed by atoms with van der Waals surface area (Å²) < 4.78 is 6.36. The zero-order valence-corrected chi connectivity index (χ0v) is 13.6. The number of hydrogen-bond acceptors (Lipinski definition) is 3. The molecule has 2 nitrogen and oxygen atoms in total. The third-order valence-electron chi connectivity index (χ3n) is 3.03. The van der Waals surface area contributed by atoms with Crippen LogP contribution in [0.2, 0.25) is 0 Å². The van der Waals surface area contributed by atoms with Crippen LogP contribution < -0.4 is 10.5 Å². The number of thiophene rings is 1. The molecule has 0 bridgehead atoms. The van der Waals surface area contributed by atoms with E-state index >= 15 is 0 Å². The van der Waals surface area contributed by atoms with Crippen LogP contribution in [-0.4, -0.2) is 7.11 Å². The van der Waals surface area contributed by atoms with Crippen LogP contribution >= 0.6 is 27.3 Å². The van der Waals surface area contributed by atoms with Crippen molar-refractivity contribution in [2.75, 3.05) is 7.11 Å². The van der Waals surface area contributed by atoms with Crippen molar-refractivity contribution < 1.29 is 4.74 Å². The molecule has 1 aromatic carbocycles. The second-order valence-electron chi connectivity index (χ2n) is 4.44. The van der Waals surface area contributed by atoms with Crippen LogP contribution in [0.3, 0.4) is 0 Å². The molecule has 2 N–H and O–H groups in total. The first-order chi connectivity index (χ1) is 9.15. The van der Waals surface area contributed by atoms with E-state index in [4.69, 9.17) is 10.5 Å². The van der Waals surface area contributed by atoms with Gasteiger partial charge in [0.2, 0.25) is 0 Å². The van der Waals surface area contributed by atoms with Gasteiger partial charge in [0.15, 0.2) is 0 Å². The van der Waals surface area contributed by atoms with Crippen molar-refractivity contribution in [3.8, 4) is 16.2 Å². The van der Waals surface area contributed by atoms with E-state index in [1.165, 1.54) is 9.75 Å². The highest BCUT2D eigenvalue weighted by Crippen LogP contribution is 2.37. The van der Waals surface area contributed by atoms with Crippen LogP contribution in [0, 0.1) is 0 Å². The fraction of sp³-hybridized carbons (Fsp3) is 0.333. The van der Waals surface area contributed by atoms with Crippen LogP contribution in [-0.2, 0) is 0 Å². The predicted molar refractivity (Wildman–Crippen MR) is 85.8 cm³/mol. The Bertz CT molecular complexity index is 553. The van der Waals surface area contributed by atoms with Crippen molar-refractivity contribution in [1.29, 1.82) is 0 Å². The number of benzene rings is 1. The molecule has 1 atom stereocenters. The fourth-order valence-corrected chi connectivity index (χ4v) is 3.64. The third-order valence-corrected chi connectivity index (χ3v) is 4.97. The van der Waals surface area contributed by atoms with Crippen LogP contribution in [0.25, 0.3) is 10.4 Å². The Morgan fingerprint density at radius 2 is 2.11 bits per heavy atom. The lowest BCUT2D eigenvalue weighted by atomic mass is 10.1. The lowest BCUT2D eigenvalue weighted by Crippen LogP contribution is -2.07. The lowest BCUT2D eigenvalue weighted by Gasteiger charge is -2.07. The number of nitrogens with two attached hydrogens (primary N) is 1. The molecule has 0 spiro atoms. The number of halogens is 1. The van der Waals surface area contributed by atoms with Crippen LogP contribution in [0.15, 0.2) is 34.8 Å². The van der Waals surface area contributed by atoms with Crippen molar-refractivity contribution in [1.82, 2.24) is 0 Å². The van der Waals surface area contributed by atoms with E-state index < -0.39 is 0 Å². The summed E-state index contributed by atoms with van der Waals surface area (Å²) in [5, 5.41) is 0. The Morgan fingerprint density at radius 1 is 1.32 bits per heavy atom. The van der Waals surface area contributed by atoms with Gasteiger partial charge in [-0.3, -0.25) is 0 Å². The summed E-state index contributed by atoms with van der Waals surface area (Å²) in [6.07, 6.45) is 2.14. The summed E-state index contributed by atoms with van der Waals surface area (Å²) >= 11 is 5.35. The second kappa shape index (κ2) is 6.55. The van der Waals surface area contributed by atoms with Gasteiger partial charge in [-0.05, 0) is 36.8 Å². The molecule has 2 rings (SSSR count). The van der Waals surface area contributed by atoms with Crippen molar-refractivity contribution in [2.24, 2.45) is 5.73 Å². The highest BCUT2D eigenvalue weighted by Gasteiger charge is 2.11. The van der Waals surface area contributed by atoms with E-state index in [1.54, 1.807) is 18.4 Å². The fourth-order valence-electron chi connectivity index (χ4n) is 1.97. The van der Waals surface area contributed by atoms with Gasteiger partial charge in [-0.1, -0.05) is 29.3 Å². The monoisotopic (exact) mass is 339 g/mol. The summed E-state index contributed by atoms with van der Waals surface area (Å²) in [5.74, 6) is 0.867. The Hall–Kier alpha value is -0.840. The van der Waals surface area contributed by atoms with Gasteiger partial charge in [0.25, 0.3) is 0 Å². The van der Waals surface area contributed by atoms with E-state index in [0.29, 0.717) is 0 Å². The molecule has 0 saturated carbocycles. The van der Waals surface area contributed by atoms with Gasteiger partial charge in [0, 0.05) is 25.8 Å². The third kappa shape index (κ3) is 3.38. The highest BCUT2D eigenvalue weighted by atomic mass is 79.9. The Kier molecular flexibility index (Phi) is 5.02. The lowest BCUT2D eigenvalue weighted by molar-refractivity contribution is 0.415. The normalized spacial score (nSPS) is 12.4. The van der Waals surface area contributed by atoms with Gasteiger partial charge in [0.05, 0.1) is 7.11 Å². The topological polar surface area (TPSA) is 35.2 Å². The second-order valence-corrected chi connectivity index (χ2v) is 6.41. The van der Waals surface area contributed by atoms with Crippen molar-refractivity contribution >= 4 is 27.3 Å². The number of rotatable bonds is 5. The van der Waals surface area contributed by atoms with Gasteiger partial charge in [-0.15, -0.1) is 11.3 Å².